The number of allylic oxidation sites excluding steroid dienone is 1. The van der Waals surface area contributed by atoms with Gasteiger partial charge in [0.2, 0.25) is 0 Å². The largest absolute Gasteiger partial charge is 0.515 e. The molecule has 33 heavy (non-hydrogen) atoms. The minimum absolute atomic E-state index is 0. The molecule has 2 aliphatic rings. The molecule has 3 heterocycles. The summed E-state index contributed by atoms with van der Waals surface area (Å²) in [6.07, 6.45) is 4.18. The molecule has 0 fully saturated rings. The smallest absolute Gasteiger partial charge is 0.117 e. The molecule has 4 heteroatoms. The zero-order valence-electron chi connectivity index (χ0n) is 22.0. The summed E-state index contributed by atoms with van der Waals surface area (Å²) in [5.74, 6) is 0. The number of benzene rings is 2. The molecule has 2 atom stereocenters. The summed E-state index contributed by atoms with van der Waals surface area (Å²) in [5.41, 5.74) is 5.69. The number of fused-ring (bicyclic) bond motifs is 3. The molecule has 2 aromatic heterocycles. The van der Waals surface area contributed by atoms with E-state index in [1.165, 1.54) is 5.56 Å². The van der Waals surface area contributed by atoms with E-state index in [9.17, 15) is 0 Å². The van der Waals surface area contributed by atoms with Gasteiger partial charge in [0.15, 0.2) is 0 Å². The minimum atomic E-state index is -1.09. The van der Waals surface area contributed by atoms with E-state index in [1.807, 2.05) is 67.2 Å². The van der Waals surface area contributed by atoms with Crippen LogP contribution >= 0.6 is 0 Å². The van der Waals surface area contributed by atoms with Crippen molar-refractivity contribution in [3.63, 3.8) is 0 Å². The van der Waals surface area contributed by atoms with Crippen LogP contribution in [0.3, 0.4) is 0 Å². The Kier molecular flexibility index (Phi) is 5.87. The van der Waals surface area contributed by atoms with Crippen molar-refractivity contribution in [3.8, 4) is 11.3 Å². The van der Waals surface area contributed by atoms with Gasteiger partial charge >= 0.3 is 0 Å². The first kappa shape index (κ1) is 18.3. The first-order valence-electron chi connectivity index (χ1n) is 12.7. The van der Waals surface area contributed by atoms with Gasteiger partial charge in [0.05, 0.1) is 2.74 Å². The van der Waals surface area contributed by atoms with Gasteiger partial charge in [-0.3, -0.25) is 0 Å². The number of rotatable bonds is 2. The van der Waals surface area contributed by atoms with Crippen LogP contribution in [-0.2, 0) is 20.1 Å². The number of hydrogen-bond acceptors (Lipinski definition) is 3. The fourth-order valence-corrected chi connectivity index (χ4v) is 3.75. The zero-order valence-corrected chi connectivity index (χ0v) is 20.4. The Labute approximate surface area is 213 Å². The number of para-hydroxylation sites is 1. The van der Waals surface area contributed by atoms with E-state index in [1.54, 1.807) is 0 Å². The molecule has 0 saturated carbocycles. The molecule has 3 nitrogen and oxygen atoms in total. The van der Waals surface area contributed by atoms with Crippen LogP contribution in [0.1, 0.15) is 30.3 Å². The van der Waals surface area contributed by atoms with Crippen molar-refractivity contribution in [3.05, 3.63) is 108 Å². The average molecular weight is 613 g/mol. The van der Waals surface area contributed by atoms with Gasteiger partial charge in [-0.05, 0) is 36.4 Å². The summed E-state index contributed by atoms with van der Waals surface area (Å²) in [7, 11) is 0. The number of aryl methyl sites for hydroxylation is 1. The Balaban J connectivity index is 0.000000195. The van der Waals surface area contributed by atoms with Crippen LogP contribution in [-0.4, -0.2) is 10.7 Å². The van der Waals surface area contributed by atoms with Crippen molar-refractivity contribution in [1.82, 2.24) is 4.98 Å². The van der Waals surface area contributed by atoms with E-state index in [0.29, 0.717) is 23.1 Å². The molecule has 6 rings (SSSR count). The van der Waals surface area contributed by atoms with E-state index in [0.717, 1.165) is 27.4 Å². The van der Waals surface area contributed by atoms with Crippen LogP contribution in [0.5, 0.6) is 0 Å². The maximum absolute atomic E-state index is 8.22. The number of pyridine rings is 1. The summed E-state index contributed by atoms with van der Waals surface area (Å²) >= 11 is 0. The van der Waals surface area contributed by atoms with Crippen molar-refractivity contribution >= 4 is 28.3 Å². The van der Waals surface area contributed by atoms with Gasteiger partial charge in [-0.25, -0.2) is 0 Å². The van der Waals surface area contributed by atoms with Crippen LogP contribution in [0.25, 0.3) is 33.9 Å². The molecule has 4 aromatic rings. The number of aromatic nitrogens is 1. The molecule has 1 aliphatic heterocycles. The summed E-state index contributed by atoms with van der Waals surface area (Å²) in [6, 6.07) is 22.6. The number of hydrogen-bond donors (Lipinski definition) is 0. The molecule has 167 valence electrons. The topological polar surface area (TPSA) is 38.4 Å². The molecule has 0 bridgehead atoms. The van der Waals surface area contributed by atoms with E-state index in [-0.39, 0.29) is 32.3 Å². The Morgan fingerprint density at radius 3 is 2.88 bits per heavy atom. The Bertz CT molecular complexity index is 1610. The van der Waals surface area contributed by atoms with E-state index in [4.69, 9.17) is 9.90 Å². The van der Waals surface area contributed by atoms with Gasteiger partial charge in [0, 0.05) is 46.0 Å². The van der Waals surface area contributed by atoms with Crippen LogP contribution in [0.4, 0.5) is 0 Å². The standard InChI is InChI=1S/C17H14NO.C12H10N.Ir/c1-2-10-16-12(6-1)13-7-5-8-14(17(13)19-16)15-9-3-4-11-18-15;1-10-7-8-13-12(9-10)11-5-3-2-4-6-11;/h1-2,4,6-8,10-11H,3,5,9H2;2-5,7-9H,1H3;/q2*-1;/i3D,4D,9D,11D;;. The quantitative estimate of drug-likeness (QED) is 0.278. The molecule has 1 radical (unpaired) electrons. The first-order valence-corrected chi connectivity index (χ1v) is 10.5. The third kappa shape index (κ3) is 5.08. The van der Waals surface area contributed by atoms with Crippen molar-refractivity contribution in [2.45, 2.75) is 26.1 Å². The Morgan fingerprint density at radius 1 is 1.15 bits per heavy atom. The third-order valence-electron chi connectivity index (χ3n) is 5.26. The molecule has 2 unspecified atom stereocenters. The third-order valence-corrected chi connectivity index (χ3v) is 5.26. The van der Waals surface area contributed by atoms with Gasteiger partial charge < -0.3 is 14.4 Å². The van der Waals surface area contributed by atoms with Gasteiger partial charge in [0.25, 0.3) is 0 Å². The molecule has 0 N–H and O–H groups in total. The van der Waals surface area contributed by atoms with Gasteiger partial charge in [0.1, 0.15) is 5.58 Å². The molecular weight excluding hydrogens is 585 g/mol. The SMILES string of the molecule is Cc1ccnc(-c2[c-]cccc2)c1.[2H]C1=C([2H])C([2H])C([2H])C(C2=c3oc4ccccc4c3=CC[CH-]2)=N1.[Ir]. The van der Waals surface area contributed by atoms with E-state index >= 15 is 0 Å². The summed E-state index contributed by atoms with van der Waals surface area (Å²) in [5, 5.41) is 1.98. The van der Waals surface area contributed by atoms with Gasteiger partial charge in [-0.1, -0.05) is 60.5 Å². The molecular formula is C29H24IrN2O-2. The minimum Gasteiger partial charge on any atom is -0.515 e. The molecule has 0 amide bonds. The van der Waals surface area contributed by atoms with Crippen molar-refractivity contribution in [2.24, 2.45) is 4.99 Å². The molecule has 1 aliphatic carbocycles. The summed E-state index contributed by atoms with van der Waals surface area (Å²) < 4.78 is 37.6. The maximum atomic E-state index is 8.22. The zero-order chi connectivity index (χ0) is 25.2. The fourth-order valence-electron chi connectivity index (χ4n) is 3.75. The Hall–Kier alpha value is -3.20. The van der Waals surface area contributed by atoms with Crippen LogP contribution < -0.4 is 10.6 Å². The van der Waals surface area contributed by atoms with Crippen LogP contribution in [0, 0.1) is 19.4 Å². The number of furan rings is 1. The summed E-state index contributed by atoms with van der Waals surface area (Å²) in [6.45, 7) is 2.06. The summed E-state index contributed by atoms with van der Waals surface area (Å²) in [4.78, 5) is 8.39. The molecule has 0 spiro atoms. The second-order valence-corrected chi connectivity index (χ2v) is 7.48. The number of aliphatic imine (C=N–C) groups is 1. The fraction of sp³-hybridized carbons (Fsp3) is 0.138. The number of nitrogens with zero attached hydrogens (tertiary/aromatic N) is 2. The Morgan fingerprint density at radius 2 is 2.03 bits per heavy atom. The van der Waals surface area contributed by atoms with Crippen LogP contribution in [0.15, 0.2) is 88.5 Å². The predicted molar refractivity (Wildman–Crippen MR) is 131 cm³/mol. The maximum Gasteiger partial charge on any atom is 0.117 e. The van der Waals surface area contributed by atoms with Crippen molar-refractivity contribution < 1.29 is 30.0 Å². The monoisotopic (exact) mass is 613 g/mol. The van der Waals surface area contributed by atoms with Crippen LogP contribution in [0.2, 0.25) is 0 Å². The van der Waals surface area contributed by atoms with Gasteiger partial charge in [-0.15, -0.1) is 41.5 Å². The van der Waals surface area contributed by atoms with Gasteiger partial charge in [-0.2, -0.15) is 6.42 Å². The normalized spacial score (nSPS) is 20.9. The average Bonchev–Trinajstić information content (AvgIpc) is 3.29. The molecule has 2 aromatic carbocycles. The first-order chi connectivity index (χ1) is 17.4. The van der Waals surface area contributed by atoms with E-state index in [2.05, 4.69) is 35.1 Å². The van der Waals surface area contributed by atoms with Crippen molar-refractivity contribution in [2.75, 3.05) is 0 Å². The van der Waals surface area contributed by atoms with E-state index < -0.39 is 12.8 Å². The predicted octanol–water partition coefficient (Wildman–Crippen LogP) is 5.58. The second kappa shape index (κ2) is 10.6. The second-order valence-electron chi connectivity index (χ2n) is 7.48. The van der Waals surface area contributed by atoms with Crippen molar-refractivity contribution in [1.29, 1.82) is 0 Å². The molecule has 0 saturated heterocycles.